The molecule has 0 unspecified atom stereocenters. The second-order valence-corrected chi connectivity index (χ2v) is 6.79. The first-order chi connectivity index (χ1) is 13.2. The molecule has 0 saturated carbocycles. The molecule has 0 bridgehead atoms. The Labute approximate surface area is 159 Å². The number of pyridine rings is 1. The van der Waals surface area contributed by atoms with E-state index in [4.69, 9.17) is 9.51 Å². The Balaban J connectivity index is 1.78. The summed E-state index contributed by atoms with van der Waals surface area (Å²) in [6.07, 6.45) is 5.47. The van der Waals surface area contributed by atoms with Gasteiger partial charge in [0.1, 0.15) is 5.76 Å². The van der Waals surface area contributed by atoms with Gasteiger partial charge in [0.05, 0.1) is 17.0 Å². The van der Waals surface area contributed by atoms with Crippen LogP contribution in [0.1, 0.15) is 18.4 Å². The Morgan fingerprint density at radius 1 is 1.07 bits per heavy atom. The van der Waals surface area contributed by atoms with Crippen molar-refractivity contribution in [2.75, 3.05) is 37.6 Å². The van der Waals surface area contributed by atoms with Gasteiger partial charge in [0.2, 0.25) is 5.95 Å². The summed E-state index contributed by atoms with van der Waals surface area (Å²) >= 11 is 0. The van der Waals surface area contributed by atoms with Crippen LogP contribution in [0.4, 0.5) is 5.95 Å². The van der Waals surface area contributed by atoms with Gasteiger partial charge < -0.3 is 14.3 Å². The molecule has 0 spiro atoms. The third-order valence-electron chi connectivity index (χ3n) is 5.14. The van der Waals surface area contributed by atoms with Crippen molar-refractivity contribution in [1.29, 1.82) is 0 Å². The van der Waals surface area contributed by atoms with Crippen LogP contribution in [0, 0.1) is 13.8 Å². The summed E-state index contributed by atoms with van der Waals surface area (Å²) in [5, 5.41) is 4.12. The number of aryl methyl sites for hydroxylation is 2. The molecule has 27 heavy (non-hydrogen) atoms. The molecule has 0 N–H and O–H groups in total. The molecular formula is C20H24N6O. The molecule has 3 aromatic rings. The van der Waals surface area contributed by atoms with Crippen LogP contribution in [-0.2, 0) is 0 Å². The number of likely N-dealkylation sites (N-methyl/N-ethyl adjacent to an activating group) is 1. The maximum Gasteiger partial charge on any atom is 0.225 e. The van der Waals surface area contributed by atoms with E-state index in [1.807, 2.05) is 32.2 Å². The number of nitrogens with zero attached hydrogens (tertiary/aromatic N) is 6. The van der Waals surface area contributed by atoms with Crippen LogP contribution in [-0.4, -0.2) is 57.7 Å². The Morgan fingerprint density at radius 3 is 2.44 bits per heavy atom. The summed E-state index contributed by atoms with van der Waals surface area (Å²) < 4.78 is 5.41. The molecule has 1 saturated heterocycles. The van der Waals surface area contributed by atoms with Crippen molar-refractivity contribution in [2.24, 2.45) is 0 Å². The molecule has 0 atom stereocenters. The molecule has 3 aromatic heterocycles. The van der Waals surface area contributed by atoms with Gasteiger partial charge in [0.15, 0.2) is 0 Å². The Bertz CT molecular complexity index is 896. The topological polar surface area (TPSA) is 71.2 Å². The van der Waals surface area contributed by atoms with Crippen molar-refractivity contribution in [3.05, 3.63) is 42.2 Å². The molecule has 0 aromatic carbocycles. The highest BCUT2D eigenvalue weighted by atomic mass is 16.5. The minimum Gasteiger partial charge on any atom is -0.361 e. The van der Waals surface area contributed by atoms with Crippen LogP contribution in [0.3, 0.4) is 0 Å². The van der Waals surface area contributed by atoms with Crippen LogP contribution >= 0.6 is 0 Å². The van der Waals surface area contributed by atoms with Gasteiger partial charge in [-0.3, -0.25) is 4.98 Å². The molecule has 4 heterocycles. The largest absolute Gasteiger partial charge is 0.361 e. The molecule has 0 radical (unpaired) electrons. The summed E-state index contributed by atoms with van der Waals surface area (Å²) in [5.74, 6) is 1.53. The predicted octanol–water partition coefficient (Wildman–Crippen LogP) is 2.95. The molecule has 0 amide bonds. The van der Waals surface area contributed by atoms with Gasteiger partial charge in [0, 0.05) is 50.3 Å². The molecule has 1 aliphatic heterocycles. The average Bonchev–Trinajstić information content (AvgIpc) is 3.06. The van der Waals surface area contributed by atoms with E-state index in [0.717, 1.165) is 72.5 Å². The molecular weight excluding hydrogens is 340 g/mol. The lowest BCUT2D eigenvalue weighted by atomic mass is 10.0. The zero-order chi connectivity index (χ0) is 18.8. The highest BCUT2D eigenvalue weighted by Crippen LogP contribution is 2.34. The predicted molar refractivity (Wildman–Crippen MR) is 105 cm³/mol. The standard InChI is InChI=1S/C20H24N6O/c1-4-25-9-11-26(12-10-25)20-22-13-17(16-5-7-21-8-6-16)19(23-20)18-14(2)24-27-15(18)3/h5-8,13H,4,9-12H2,1-3H3. The van der Waals surface area contributed by atoms with E-state index in [1.165, 1.54) is 0 Å². The molecule has 7 nitrogen and oxygen atoms in total. The smallest absolute Gasteiger partial charge is 0.225 e. The summed E-state index contributed by atoms with van der Waals surface area (Å²) in [7, 11) is 0. The fourth-order valence-corrected chi connectivity index (χ4v) is 3.54. The first-order valence-electron chi connectivity index (χ1n) is 9.35. The zero-order valence-corrected chi connectivity index (χ0v) is 16.0. The van der Waals surface area contributed by atoms with E-state index in [2.05, 4.69) is 31.8 Å². The zero-order valence-electron chi connectivity index (χ0n) is 16.0. The Hall–Kier alpha value is -2.80. The second-order valence-electron chi connectivity index (χ2n) is 6.79. The first kappa shape index (κ1) is 17.6. The van der Waals surface area contributed by atoms with Gasteiger partial charge in [0.25, 0.3) is 0 Å². The van der Waals surface area contributed by atoms with Gasteiger partial charge in [-0.25, -0.2) is 9.97 Å². The van der Waals surface area contributed by atoms with Crippen molar-refractivity contribution in [2.45, 2.75) is 20.8 Å². The summed E-state index contributed by atoms with van der Waals surface area (Å²) in [6, 6.07) is 3.94. The number of aromatic nitrogens is 4. The number of rotatable bonds is 4. The van der Waals surface area contributed by atoms with E-state index in [0.29, 0.717) is 0 Å². The molecule has 7 heteroatoms. The molecule has 4 rings (SSSR count). The minimum absolute atomic E-state index is 0.763. The summed E-state index contributed by atoms with van der Waals surface area (Å²) in [5.41, 5.74) is 4.63. The van der Waals surface area contributed by atoms with E-state index in [9.17, 15) is 0 Å². The van der Waals surface area contributed by atoms with Gasteiger partial charge in [-0.05, 0) is 38.1 Å². The van der Waals surface area contributed by atoms with E-state index < -0.39 is 0 Å². The monoisotopic (exact) mass is 364 g/mol. The van der Waals surface area contributed by atoms with Gasteiger partial charge in [-0.2, -0.15) is 0 Å². The Morgan fingerprint density at radius 2 is 1.81 bits per heavy atom. The lowest BCUT2D eigenvalue weighted by Gasteiger charge is -2.34. The average molecular weight is 364 g/mol. The SMILES string of the molecule is CCN1CCN(c2ncc(-c3ccncc3)c(-c3c(C)noc3C)n2)CC1. The minimum atomic E-state index is 0.763. The number of anilines is 1. The van der Waals surface area contributed by atoms with Crippen LogP contribution in [0.25, 0.3) is 22.4 Å². The molecule has 1 fully saturated rings. The highest BCUT2D eigenvalue weighted by Gasteiger charge is 2.23. The van der Waals surface area contributed by atoms with E-state index in [1.54, 1.807) is 12.4 Å². The maximum atomic E-state index is 5.41. The van der Waals surface area contributed by atoms with E-state index in [-0.39, 0.29) is 0 Å². The fourth-order valence-electron chi connectivity index (χ4n) is 3.54. The van der Waals surface area contributed by atoms with Gasteiger partial charge in [-0.15, -0.1) is 0 Å². The quantitative estimate of drug-likeness (QED) is 0.705. The second kappa shape index (κ2) is 7.44. The Kier molecular flexibility index (Phi) is 4.85. The number of piperazine rings is 1. The van der Waals surface area contributed by atoms with Crippen LogP contribution in [0.5, 0.6) is 0 Å². The molecule has 140 valence electrons. The van der Waals surface area contributed by atoms with Gasteiger partial charge in [-0.1, -0.05) is 12.1 Å². The first-order valence-corrected chi connectivity index (χ1v) is 9.35. The third kappa shape index (κ3) is 3.42. The molecule has 1 aliphatic rings. The third-order valence-corrected chi connectivity index (χ3v) is 5.14. The molecule has 0 aliphatic carbocycles. The maximum absolute atomic E-state index is 5.41. The fraction of sp³-hybridized carbons (Fsp3) is 0.400. The van der Waals surface area contributed by atoms with Crippen molar-refractivity contribution in [3.8, 4) is 22.4 Å². The normalized spacial score (nSPS) is 15.3. The summed E-state index contributed by atoms with van der Waals surface area (Å²) in [6.45, 7) is 11.1. The summed E-state index contributed by atoms with van der Waals surface area (Å²) in [4.78, 5) is 18.5. The van der Waals surface area contributed by atoms with E-state index >= 15 is 0 Å². The lowest BCUT2D eigenvalue weighted by Crippen LogP contribution is -2.46. The van der Waals surface area contributed by atoms with Crippen molar-refractivity contribution in [1.82, 2.24) is 25.0 Å². The highest BCUT2D eigenvalue weighted by molar-refractivity contribution is 5.82. The number of hydrogen-bond donors (Lipinski definition) is 0. The van der Waals surface area contributed by atoms with Crippen LogP contribution in [0.2, 0.25) is 0 Å². The van der Waals surface area contributed by atoms with Gasteiger partial charge >= 0.3 is 0 Å². The van der Waals surface area contributed by atoms with Crippen molar-refractivity contribution >= 4 is 5.95 Å². The lowest BCUT2D eigenvalue weighted by molar-refractivity contribution is 0.270. The van der Waals surface area contributed by atoms with Crippen molar-refractivity contribution in [3.63, 3.8) is 0 Å². The number of hydrogen-bond acceptors (Lipinski definition) is 7. The van der Waals surface area contributed by atoms with Crippen molar-refractivity contribution < 1.29 is 4.52 Å². The van der Waals surface area contributed by atoms with Crippen LogP contribution in [0.15, 0.2) is 35.2 Å². The van der Waals surface area contributed by atoms with Crippen LogP contribution < -0.4 is 4.90 Å².